The molecular formula is C33H36EuN8O10-2. The monoisotopic (exact) mass is 857 g/mol. The molecule has 4 rings (SSSR count). The number of rotatable bonds is 19. The molecule has 2 heterocycles. The summed E-state index contributed by atoms with van der Waals surface area (Å²) in [7, 11) is 0. The second kappa shape index (κ2) is 20.2. The number of para-hydroxylation sites is 1. The van der Waals surface area contributed by atoms with E-state index in [0.717, 1.165) is 20.9 Å². The molecule has 1 N–H and O–H groups in total. The molecule has 2 aromatic carbocycles. The molecular weight excluding hydrogens is 820 g/mol. The van der Waals surface area contributed by atoms with E-state index < -0.39 is 56.0 Å². The van der Waals surface area contributed by atoms with Crippen LogP contribution in [-0.2, 0) is 41.9 Å². The number of hydrogen-bond donors (Lipinski definition) is 1. The number of nitrogens with zero attached hydrogens (tertiary/aromatic N) is 7. The average Bonchev–Trinajstić information content (AvgIpc) is 3.45. The van der Waals surface area contributed by atoms with Crippen LogP contribution in [0.4, 0.5) is 5.69 Å². The molecule has 277 valence electrons. The minimum atomic E-state index is -1.53. The van der Waals surface area contributed by atoms with Gasteiger partial charge in [0.25, 0.3) is 0 Å². The number of amides is 2. The Labute approximate surface area is 339 Å². The zero-order chi connectivity index (χ0) is 37.1. The van der Waals surface area contributed by atoms with Gasteiger partial charge in [0.1, 0.15) is 5.69 Å². The van der Waals surface area contributed by atoms with Gasteiger partial charge in [-0.15, -0.1) is 5.10 Å². The van der Waals surface area contributed by atoms with E-state index in [-0.39, 0.29) is 101 Å². The third kappa shape index (κ3) is 12.2. The fourth-order valence-electron chi connectivity index (χ4n) is 5.81. The van der Waals surface area contributed by atoms with Gasteiger partial charge in [0.05, 0.1) is 54.9 Å². The molecule has 0 saturated heterocycles. The topological polar surface area (TPSA) is 250 Å². The zero-order valence-corrected chi connectivity index (χ0v) is 30.6. The maximum Gasteiger partial charge on any atom is 2.00 e. The molecule has 0 atom stereocenters. The number of fused-ring (bicyclic) bond motifs is 5. The number of carboxylic acids is 4. The normalized spacial score (nSPS) is 11.9. The van der Waals surface area contributed by atoms with Crippen LogP contribution in [0.15, 0.2) is 48.5 Å². The minimum absolute atomic E-state index is 0. The van der Waals surface area contributed by atoms with Gasteiger partial charge in [-0.1, -0.05) is 47.7 Å². The maximum absolute atomic E-state index is 13.2. The van der Waals surface area contributed by atoms with Gasteiger partial charge < -0.3 is 49.8 Å². The van der Waals surface area contributed by atoms with Crippen molar-refractivity contribution in [3.05, 3.63) is 54.1 Å². The van der Waals surface area contributed by atoms with Crippen molar-refractivity contribution in [1.29, 1.82) is 0 Å². The van der Waals surface area contributed by atoms with Crippen molar-refractivity contribution in [1.82, 2.24) is 35.0 Å². The molecule has 52 heavy (non-hydrogen) atoms. The first kappa shape index (κ1) is 42.3. The number of nitrogens with one attached hydrogen (secondary N) is 1. The fourth-order valence-corrected chi connectivity index (χ4v) is 5.81. The predicted molar refractivity (Wildman–Crippen MR) is 170 cm³/mol. The van der Waals surface area contributed by atoms with Gasteiger partial charge in [0, 0.05) is 77.0 Å². The van der Waals surface area contributed by atoms with Gasteiger partial charge >= 0.3 is 49.4 Å². The summed E-state index contributed by atoms with van der Waals surface area (Å²) in [5.41, 5.74) is 4.31. The third-order valence-corrected chi connectivity index (χ3v) is 8.05. The van der Waals surface area contributed by atoms with Crippen LogP contribution in [0.1, 0.15) is 12.5 Å². The summed E-state index contributed by atoms with van der Waals surface area (Å²) < 4.78 is 1.65. The summed E-state index contributed by atoms with van der Waals surface area (Å²) in [4.78, 5) is 75.6. The predicted octanol–water partition coefficient (Wildman–Crippen LogP) is -5.50. The summed E-state index contributed by atoms with van der Waals surface area (Å²) in [5.74, 6) is -6.74. The summed E-state index contributed by atoms with van der Waals surface area (Å²) in [6, 6.07) is 14.9. The van der Waals surface area contributed by atoms with Crippen molar-refractivity contribution in [2.75, 3.05) is 70.3 Å². The Morgan fingerprint density at radius 2 is 1.21 bits per heavy atom. The Bertz CT molecular complexity index is 1700. The van der Waals surface area contributed by atoms with Crippen LogP contribution in [-0.4, -0.2) is 131 Å². The number of anilines is 1. The number of carbonyl (C=O) groups excluding carboxylic acids is 6. The number of hydrogen-bond acceptors (Lipinski definition) is 15. The molecule has 0 aliphatic carbocycles. The van der Waals surface area contributed by atoms with Crippen LogP contribution in [0.3, 0.4) is 0 Å². The number of carboxylic acid groups (broad SMARTS) is 4. The third-order valence-electron chi connectivity index (χ3n) is 8.05. The minimum Gasteiger partial charge on any atom is -0.549 e. The van der Waals surface area contributed by atoms with Crippen LogP contribution < -0.4 is 30.6 Å². The molecule has 1 aliphatic rings. The van der Waals surface area contributed by atoms with E-state index in [1.807, 2.05) is 48.5 Å². The van der Waals surface area contributed by atoms with E-state index in [1.54, 1.807) is 9.58 Å². The number of carbonyl (C=O) groups is 6. The zero-order valence-electron chi connectivity index (χ0n) is 28.2. The summed E-state index contributed by atoms with van der Waals surface area (Å²) in [5, 5.41) is 56.2. The van der Waals surface area contributed by atoms with Crippen molar-refractivity contribution in [2.45, 2.75) is 20.0 Å². The standard InChI is InChI=1S/C33H40N8O10.Eu/c1-22(42)40-16-23-6-2-3-7-24(23)33-32(25-8-4-5-9-26(25)40)35-36-41(33)11-10-34-27(43)17-37(12-14-38(18-28(44)45)19-29(46)47)13-15-39(20-30(48)49)21-31(50)51;/h2-9H,10-21H2,1H3,(H,34,43)(H,44,45)(H,46,47)(H,48,49)(H,50,51);/q;+2/p-4. The molecule has 19 heteroatoms. The molecule has 1 aliphatic heterocycles. The van der Waals surface area contributed by atoms with Crippen molar-refractivity contribution in [2.24, 2.45) is 0 Å². The Morgan fingerprint density at radius 3 is 1.75 bits per heavy atom. The van der Waals surface area contributed by atoms with Gasteiger partial charge in [-0.05, 0) is 11.6 Å². The van der Waals surface area contributed by atoms with E-state index in [0.29, 0.717) is 29.2 Å². The Morgan fingerprint density at radius 1 is 0.712 bits per heavy atom. The fraction of sp³-hybridized carbons (Fsp3) is 0.394. The van der Waals surface area contributed by atoms with Gasteiger partial charge in [-0.25, -0.2) is 4.68 Å². The molecule has 0 saturated carbocycles. The van der Waals surface area contributed by atoms with Crippen LogP contribution in [0.5, 0.6) is 0 Å². The number of aliphatic carboxylic acids is 4. The van der Waals surface area contributed by atoms with Crippen molar-refractivity contribution < 1.29 is 98.6 Å². The van der Waals surface area contributed by atoms with Crippen molar-refractivity contribution in [3.63, 3.8) is 0 Å². The molecule has 2 amide bonds. The molecule has 18 nitrogen and oxygen atoms in total. The van der Waals surface area contributed by atoms with Gasteiger partial charge in [-0.3, -0.25) is 24.3 Å². The number of benzene rings is 2. The van der Waals surface area contributed by atoms with Crippen LogP contribution in [0.25, 0.3) is 22.5 Å². The number of aromatic nitrogens is 3. The first-order valence-corrected chi connectivity index (χ1v) is 15.9. The largest absolute Gasteiger partial charge is 2.00 e. The van der Waals surface area contributed by atoms with Gasteiger partial charge in [-0.2, -0.15) is 0 Å². The average molecular weight is 857 g/mol. The van der Waals surface area contributed by atoms with Gasteiger partial charge in [0.15, 0.2) is 0 Å². The van der Waals surface area contributed by atoms with E-state index in [2.05, 4.69) is 15.6 Å². The SMILES string of the molecule is CC(=O)N1Cc2ccccc2-c2c(nnn2CCNC(=O)CN(CCN(CC(=O)[O-])CC(=O)[O-])CCN(CC(=O)[O-])CC(=O)[O-])-c2ccccc21.[Eu+2]. The smallest absolute Gasteiger partial charge is 0.549 e. The molecule has 0 fully saturated rings. The molecule has 1 aromatic heterocycles. The quantitative estimate of drug-likeness (QED) is 0.118. The van der Waals surface area contributed by atoms with E-state index in [1.165, 1.54) is 11.8 Å². The van der Waals surface area contributed by atoms with E-state index in [4.69, 9.17) is 0 Å². The first-order chi connectivity index (χ1) is 24.3. The second-order valence-electron chi connectivity index (χ2n) is 11.8. The Kier molecular flexibility index (Phi) is 16.4. The molecule has 0 bridgehead atoms. The van der Waals surface area contributed by atoms with Crippen LogP contribution >= 0.6 is 0 Å². The Balaban J connectivity index is 0.00000729. The first-order valence-electron chi connectivity index (χ1n) is 15.9. The molecule has 1 radical (unpaired) electrons. The van der Waals surface area contributed by atoms with Crippen LogP contribution in [0.2, 0.25) is 0 Å². The summed E-state index contributed by atoms with van der Waals surface area (Å²) >= 11 is 0. The molecule has 0 spiro atoms. The van der Waals surface area contributed by atoms with Gasteiger partial charge in [0.2, 0.25) is 11.8 Å². The molecule has 3 aromatic rings. The van der Waals surface area contributed by atoms with E-state index >= 15 is 0 Å². The summed E-state index contributed by atoms with van der Waals surface area (Å²) in [6.07, 6.45) is 0. The Hall–Kier alpha value is -4.14. The van der Waals surface area contributed by atoms with Crippen molar-refractivity contribution in [3.8, 4) is 22.5 Å². The molecule has 0 unspecified atom stereocenters. The summed E-state index contributed by atoms with van der Waals surface area (Å²) in [6.45, 7) is -1.50. The van der Waals surface area contributed by atoms with Crippen LogP contribution in [0, 0.1) is 49.4 Å². The second-order valence-corrected chi connectivity index (χ2v) is 11.8. The van der Waals surface area contributed by atoms with E-state index in [9.17, 15) is 49.2 Å². The maximum atomic E-state index is 13.2. The van der Waals surface area contributed by atoms with Crippen molar-refractivity contribution >= 4 is 41.4 Å².